The molecule has 1 atom stereocenters. The minimum atomic E-state index is -0.150. The monoisotopic (exact) mass is 629 g/mol. The second-order valence-corrected chi connectivity index (χ2v) is 13.1. The highest BCUT2D eigenvalue weighted by Gasteiger charge is 2.29. The van der Waals surface area contributed by atoms with Gasteiger partial charge in [0.25, 0.3) is 0 Å². The van der Waals surface area contributed by atoms with E-state index >= 15 is 0 Å². The van der Waals surface area contributed by atoms with Gasteiger partial charge >= 0.3 is 0 Å². The number of rotatable bonds is 7. The fourth-order valence-corrected chi connectivity index (χ4v) is 7.40. The van der Waals surface area contributed by atoms with Crippen LogP contribution in [-0.4, -0.2) is 0 Å². The highest BCUT2D eigenvalue weighted by Crippen LogP contribution is 2.44. The highest BCUT2D eigenvalue weighted by atomic mass is 15.1. The van der Waals surface area contributed by atoms with Gasteiger partial charge in [-0.25, -0.2) is 0 Å². The fraction of sp³-hybridized carbons (Fsp3) is 0.0833. The van der Waals surface area contributed by atoms with E-state index in [2.05, 4.69) is 200 Å². The Morgan fingerprint density at radius 1 is 0.592 bits per heavy atom. The minimum Gasteiger partial charge on any atom is -0.310 e. The first kappa shape index (κ1) is 30.4. The number of hydrogen-bond acceptors (Lipinski definition) is 1. The van der Waals surface area contributed by atoms with Crippen molar-refractivity contribution in [3.63, 3.8) is 0 Å². The van der Waals surface area contributed by atoms with Crippen molar-refractivity contribution in [1.82, 2.24) is 0 Å². The molecule has 8 rings (SSSR count). The molecule has 0 aromatic heterocycles. The van der Waals surface area contributed by atoms with Crippen LogP contribution in [0.5, 0.6) is 0 Å². The molecule has 1 aliphatic rings. The summed E-state index contributed by atoms with van der Waals surface area (Å²) in [6.07, 6.45) is 16.6. The summed E-state index contributed by atoms with van der Waals surface area (Å²) in [7, 11) is 0. The molecular formula is C48H39N. The first-order valence-corrected chi connectivity index (χ1v) is 17.2. The average Bonchev–Trinajstić information content (AvgIpc) is 3.16. The number of benzene rings is 7. The molecule has 1 aliphatic carbocycles. The van der Waals surface area contributed by atoms with Crippen LogP contribution in [0.3, 0.4) is 0 Å². The third-order valence-electron chi connectivity index (χ3n) is 9.99. The Morgan fingerprint density at radius 2 is 1.24 bits per heavy atom. The zero-order valence-electron chi connectivity index (χ0n) is 28.1. The molecule has 0 spiro atoms. The summed E-state index contributed by atoms with van der Waals surface area (Å²) < 4.78 is 0. The van der Waals surface area contributed by atoms with E-state index in [1.807, 2.05) is 6.92 Å². The molecule has 7 aromatic rings. The maximum absolute atomic E-state index is 2.45. The minimum absolute atomic E-state index is 0.150. The van der Waals surface area contributed by atoms with E-state index in [0.29, 0.717) is 0 Å². The molecule has 49 heavy (non-hydrogen) atoms. The van der Waals surface area contributed by atoms with Crippen LogP contribution in [0, 0.1) is 0 Å². The largest absolute Gasteiger partial charge is 0.310 e. The van der Waals surface area contributed by atoms with Gasteiger partial charge in [0.05, 0.1) is 5.69 Å². The molecular weight excluding hydrogens is 591 g/mol. The number of anilines is 2. The van der Waals surface area contributed by atoms with Crippen molar-refractivity contribution in [2.24, 2.45) is 0 Å². The van der Waals surface area contributed by atoms with Crippen molar-refractivity contribution in [3.05, 3.63) is 199 Å². The number of hydrogen-bond donors (Lipinski definition) is 0. The molecule has 0 bridgehead atoms. The van der Waals surface area contributed by atoms with Gasteiger partial charge in [0, 0.05) is 22.2 Å². The Morgan fingerprint density at radius 3 is 1.98 bits per heavy atom. The van der Waals surface area contributed by atoms with Crippen molar-refractivity contribution in [2.75, 3.05) is 4.90 Å². The van der Waals surface area contributed by atoms with Crippen LogP contribution in [0.2, 0.25) is 0 Å². The molecule has 0 saturated heterocycles. The molecule has 236 valence electrons. The first-order chi connectivity index (χ1) is 24.1. The SMILES string of the molecule is C/C=C\C=C/c1ccc(C2(C)C=CC(N(c3ccc(-c4ccccc4)cc3)c3cc4ccccc4c4ccccc34)=CC2)c2ccccc12. The summed E-state index contributed by atoms with van der Waals surface area (Å²) >= 11 is 0. The van der Waals surface area contributed by atoms with Gasteiger partial charge in [-0.2, -0.15) is 0 Å². The van der Waals surface area contributed by atoms with Gasteiger partial charge in [-0.15, -0.1) is 0 Å². The summed E-state index contributed by atoms with van der Waals surface area (Å²) in [6, 6.07) is 53.0. The van der Waals surface area contributed by atoms with Crippen molar-refractivity contribution >= 4 is 49.8 Å². The first-order valence-electron chi connectivity index (χ1n) is 17.2. The lowest BCUT2D eigenvalue weighted by molar-refractivity contribution is 0.600. The molecule has 0 radical (unpaired) electrons. The van der Waals surface area contributed by atoms with E-state index in [1.165, 1.54) is 66.0 Å². The Labute approximate surface area is 289 Å². The molecule has 7 aromatic carbocycles. The maximum atomic E-state index is 2.45. The average molecular weight is 630 g/mol. The number of fused-ring (bicyclic) bond motifs is 4. The van der Waals surface area contributed by atoms with Crippen LogP contribution in [0.1, 0.15) is 31.4 Å². The summed E-state index contributed by atoms with van der Waals surface area (Å²) in [5, 5.41) is 7.61. The third-order valence-corrected chi connectivity index (χ3v) is 9.99. The predicted octanol–water partition coefficient (Wildman–Crippen LogP) is 13.3. The van der Waals surface area contributed by atoms with Crippen molar-refractivity contribution in [1.29, 1.82) is 0 Å². The summed E-state index contributed by atoms with van der Waals surface area (Å²) in [5.41, 5.74) is 8.39. The van der Waals surface area contributed by atoms with Gasteiger partial charge in [0.2, 0.25) is 0 Å². The lowest BCUT2D eigenvalue weighted by Gasteiger charge is -2.34. The van der Waals surface area contributed by atoms with Crippen LogP contribution in [0.4, 0.5) is 11.4 Å². The quantitative estimate of drug-likeness (QED) is 0.125. The molecule has 0 N–H and O–H groups in total. The molecule has 1 heteroatoms. The Balaban J connectivity index is 1.24. The zero-order valence-corrected chi connectivity index (χ0v) is 28.1. The Bertz CT molecular complexity index is 2420. The van der Waals surface area contributed by atoms with E-state index in [1.54, 1.807) is 0 Å². The van der Waals surface area contributed by atoms with E-state index in [0.717, 1.165) is 12.1 Å². The maximum Gasteiger partial charge on any atom is 0.0546 e. The molecule has 0 heterocycles. The van der Waals surface area contributed by atoms with Crippen LogP contribution in [0.15, 0.2) is 188 Å². The molecule has 0 amide bonds. The molecule has 0 saturated carbocycles. The van der Waals surface area contributed by atoms with Gasteiger partial charge < -0.3 is 4.90 Å². The van der Waals surface area contributed by atoms with Gasteiger partial charge in [0.15, 0.2) is 0 Å². The molecule has 0 fully saturated rings. The molecule has 1 unspecified atom stereocenters. The van der Waals surface area contributed by atoms with Crippen molar-refractivity contribution in [2.45, 2.75) is 25.7 Å². The highest BCUT2D eigenvalue weighted by molar-refractivity contribution is 6.14. The van der Waals surface area contributed by atoms with Gasteiger partial charge in [0.1, 0.15) is 0 Å². The number of nitrogens with zero attached hydrogens (tertiary/aromatic N) is 1. The Kier molecular flexibility index (Phi) is 8.03. The zero-order chi connectivity index (χ0) is 33.2. The number of allylic oxidation sites excluding steroid dienone is 6. The van der Waals surface area contributed by atoms with Gasteiger partial charge in [-0.05, 0) is 86.8 Å². The van der Waals surface area contributed by atoms with E-state index in [-0.39, 0.29) is 5.41 Å². The second kappa shape index (κ2) is 12.9. The van der Waals surface area contributed by atoms with Crippen LogP contribution in [-0.2, 0) is 5.41 Å². The summed E-state index contributed by atoms with van der Waals surface area (Å²) in [4.78, 5) is 2.45. The Hall–Kier alpha value is -5.92. The lowest BCUT2D eigenvalue weighted by atomic mass is 9.74. The standard InChI is InChI=1S/C48H39N/c1-3-4-6-17-37-26-29-46(44-22-13-11-19-41(37)44)48(2)32-30-40(31-33-48)49(39-27-24-36(25-28-39)35-15-7-5-8-16-35)47-34-38-18-9-10-20-42(38)43-21-12-14-23-45(43)47/h3-32,34H,33H2,1-2H3/b4-3-,17-6-. The predicted molar refractivity (Wildman–Crippen MR) is 212 cm³/mol. The second-order valence-electron chi connectivity index (χ2n) is 13.1. The van der Waals surface area contributed by atoms with E-state index in [9.17, 15) is 0 Å². The van der Waals surface area contributed by atoms with Gasteiger partial charge in [-0.1, -0.05) is 171 Å². The summed E-state index contributed by atoms with van der Waals surface area (Å²) in [6.45, 7) is 4.42. The van der Waals surface area contributed by atoms with Crippen molar-refractivity contribution in [3.8, 4) is 11.1 Å². The van der Waals surface area contributed by atoms with Gasteiger partial charge in [-0.3, -0.25) is 0 Å². The smallest absolute Gasteiger partial charge is 0.0546 e. The summed E-state index contributed by atoms with van der Waals surface area (Å²) in [5.74, 6) is 0. The third kappa shape index (κ3) is 5.68. The lowest BCUT2D eigenvalue weighted by Crippen LogP contribution is -2.25. The topological polar surface area (TPSA) is 3.24 Å². The van der Waals surface area contributed by atoms with Crippen LogP contribution >= 0.6 is 0 Å². The fourth-order valence-electron chi connectivity index (χ4n) is 7.40. The normalized spacial score (nSPS) is 16.2. The van der Waals surface area contributed by atoms with E-state index < -0.39 is 0 Å². The van der Waals surface area contributed by atoms with Crippen molar-refractivity contribution < 1.29 is 0 Å². The van der Waals surface area contributed by atoms with Crippen LogP contribution in [0.25, 0.3) is 49.5 Å². The molecule has 0 aliphatic heterocycles. The van der Waals surface area contributed by atoms with E-state index in [4.69, 9.17) is 0 Å². The molecule has 1 nitrogen and oxygen atoms in total. The van der Waals surface area contributed by atoms with Crippen LogP contribution < -0.4 is 4.90 Å².